The van der Waals surface area contributed by atoms with E-state index < -0.39 is 0 Å². The number of hydrogen-bond donors (Lipinski definition) is 1. The van der Waals surface area contributed by atoms with E-state index in [9.17, 15) is 9.59 Å². The molecule has 0 saturated carbocycles. The molecule has 9 heteroatoms. The average Bonchev–Trinajstić information content (AvgIpc) is 3.09. The van der Waals surface area contributed by atoms with Crippen molar-refractivity contribution in [2.75, 3.05) is 11.1 Å². The van der Waals surface area contributed by atoms with Crippen molar-refractivity contribution in [1.82, 2.24) is 14.7 Å². The lowest BCUT2D eigenvalue weighted by Gasteiger charge is -2.12. The van der Waals surface area contributed by atoms with Crippen LogP contribution in [-0.2, 0) is 16.8 Å². The first kappa shape index (κ1) is 20.6. The largest absolute Gasteiger partial charge is 0.338 e. The number of fused-ring (bicyclic) bond motifs is 1. The van der Waals surface area contributed by atoms with Crippen molar-refractivity contribution in [1.29, 1.82) is 0 Å². The average molecular weight is 465 g/mol. The minimum atomic E-state index is -0.255. The molecule has 0 aliphatic rings. The number of benzene rings is 1. The van der Waals surface area contributed by atoms with E-state index in [-0.39, 0.29) is 22.6 Å². The van der Waals surface area contributed by atoms with Crippen LogP contribution in [0.25, 0.3) is 10.9 Å². The van der Waals surface area contributed by atoms with Gasteiger partial charge in [0.1, 0.15) is 0 Å². The zero-order chi connectivity index (χ0) is 20.5. The molecule has 2 heterocycles. The van der Waals surface area contributed by atoms with E-state index >= 15 is 0 Å². The van der Waals surface area contributed by atoms with Gasteiger partial charge in [-0.05, 0) is 25.1 Å². The summed E-state index contributed by atoms with van der Waals surface area (Å²) in [7, 11) is 0. The maximum absolute atomic E-state index is 12.7. The van der Waals surface area contributed by atoms with Crippen LogP contribution in [-0.4, -0.2) is 26.4 Å². The van der Waals surface area contributed by atoms with Gasteiger partial charge in [0, 0.05) is 22.5 Å². The van der Waals surface area contributed by atoms with Crippen LogP contribution in [0, 0.1) is 0 Å². The lowest BCUT2D eigenvalue weighted by Crippen LogP contribution is -2.23. The fraction of sp³-hybridized carbons (Fsp3) is 0.368. The zero-order valence-electron chi connectivity index (χ0n) is 16.1. The zero-order valence-corrected chi connectivity index (χ0v) is 18.5. The molecule has 0 aliphatic heterocycles. The fourth-order valence-electron chi connectivity index (χ4n) is 2.55. The molecule has 2 aromatic heterocycles. The van der Waals surface area contributed by atoms with Crippen molar-refractivity contribution in [2.45, 2.75) is 44.8 Å². The Balaban J connectivity index is 1.76. The first-order valence-corrected chi connectivity index (χ1v) is 10.6. The molecule has 0 fully saturated rings. The van der Waals surface area contributed by atoms with Gasteiger partial charge in [-0.2, -0.15) is 0 Å². The highest BCUT2D eigenvalue weighted by Gasteiger charge is 2.20. The molecule has 0 spiro atoms. The number of halogens is 1. The number of carbonyl (C=O) groups excluding carboxylic acids is 1. The Morgan fingerprint density at radius 1 is 1.32 bits per heavy atom. The predicted molar refractivity (Wildman–Crippen MR) is 114 cm³/mol. The summed E-state index contributed by atoms with van der Waals surface area (Å²) in [6, 6.07) is 7.10. The lowest BCUT2D eigenvalue weighted by atomic mass is 9.92. The standard InChI is InChI=1S/C19H21BrN4O3S/c1-5-24-17(26)12-8-11(20)6-7-13(12)21-18(24)28-10-15(25)22-16-9-14(23-27-16)19(2,3)4/h6-9H,5,10H2,1-4H3,(H,22,25). The molecule has 0 atom stereocenters. The van der Waals surface area contributed by atoms with Crippen LogP contribution in [0.15, 0.2) is 43.2 Å². The minimum Gasteiger partial charge on any atom is -0.338 e. The van der Waals surface area contributed by atoms with Gasteiger partial charge in [-0.15, -0.1) is 0 Å². The van der Waals surface area contributed by atoms with Gasteiger partial charge in [0.15, 0.2) is 5.16 Å². The minimum absolute atomic E-state index is 0.0972. The van der Waals surface area contributed by atoms with Gasteiger partial charge in [-0.1, -0.05) is 53.6 Å². The lowest BCUT2D eigenvalue weighted by molar-refractivity contribution is -0.113. The molecule has 148 valence electrons. The topological polar surface area (TPSA) is 90.0 Å². The number of amides is 1. The Morgan fingerprint density at radius 2 is 2.07 bits per heavy atom. The van der Waals surface area contributed by atoms with Gasteiger partial charge in [0.2, 0.25) is 11.8 Å². The molecule has 0 aliphatic carbocycles. The van der Waals surface area contributed by atoms with E-state index in [1.54, 1.807) is 22.8 Å². The molecule has 1 N–H and O–H groups in total. The molecule has 28 heavy (non-hydrogen) atoms. The van der Waals surface area contributed by atoms with Gasteiger partial charge < -0.3 is 4.52 Å². The number of nitrogens with zero attached hydrogens (tertiary/aromatic N) is 3. The Kier molecular flexibility index (Phi) is 5.95. The van der Waals surface area contributed by atoms with Gasteiger partial charge in [-0.3, -0.25) is 19.5 Å². The number of rotatable bonds is 5. The maximum Gasteiger partial charge on any atom is 0.262 e. The molecule has 7 nitrogen and oxygen atoms in total. The SMILES string of the molecule is CCn1c(SCC(=O)Nc2cc(C(C)(C)C)no2)nc2ccc(Br)cc2c1=O. The van der Waals surface area contributed by atoms with Crippen molar-refractivity contribution < 1.29 is 9.32 Å². The van der Waals surface area contributed by atoms with Crippen molar-refractivity contribution in [3.8, 4) is 0 Å². The van der Waals surface area contributed by atoms with E-state index in [1.807, 2.05) is 33.8 Å². The number of aromatic nitrogens is 3. The van der Waals surface area contributed by atoms with E-state index in [2.05, 4.69) is 31.4 Å². The van der Waals surface area contributed by atoms with Crippen LogP contribution in [0.2, 0.25) is 0 Å². The second kappa shape index (κ2) is 8.08. The van der Waals surface area contributed by atoms with Crippen LogP contribution in [0.3, 0.4) is 0 Å². The Hall–Kier alpha value is -2.13. The van der Waals surface area contributed by atoms with Gasteiger partial charge in [-0.25, -0.2) is 4.98 Å². The summed E-state index contributed by atoms with van der Waals surface area (Å²) in [5, 5.41) is 7.72. The van der Waals surface area contributed by atoms with Crippen molar-refractivity contribution in [3.63, 3.8) is 0 Å². The molecule has 0 bridgehead atoms. The quantitative estimate of drug-likeness (QED) is 0.449. The third kappa shape index (κ3) is 4.47. The first-order valence-electron chi connectivity index (χ1n) is 8.79. The molecule has 1 aromatic carbocycles. The summed E-state index contributed by atoms with van der Waals surface area (Å²) in [5.41, 5.74) is 1.08. The normalized spacial score (nSPS) is 11.8. The Labute approximate surface area is 175 Å². The monoisotopic (exact) mass is 464 g/mol. The summed E-state index contributed by atoms with van der Waals surface area (Å²) in [6.45, 7) is 8.38. The first-order chi connectivity index (χ1) is 13.2. The summed E-state index contributed by atoms with van der Waals surface area (Å²) < 4.78 is 7.57. The Morgan fingerprint density at radius 3 is 2.71 bits per heavy atom. The molecule has 0 unspecified atom stereocenters. The number of carbonyl (C=O) groups is 1. The number of nitrogens with one attached hydrogen (secondary N) is 1. The van der Waals surface area contributed by atoms with Crippen LogP contribution < -0.4 is 10.9 Å². The highest BCUT2D eigenvalue weighted by atomic mass is 79.9. The number of thioether (sulfide) groups is 1. The third-order valence-electron chi connectivity index (χ3n) is 4.07. The van der Waals surface area contributed by atoms with Crippen LogP contribution >= 0.6 is 27.7 Å². The predicted octanol–water partition coefficient (Wildman–Crippen LogP) is 4.20. The van der Waals surface area contributed by atoms with Crippen molar-refractivity contribution in [2.24, 2.45) is 0 Å². The van der Waals surface area contributed by atoms with Crippen LogP contribution in [0.4, 0.5) is 5.88 Å². The molecular weight excluding hydrogens is 444 g/mol. The van der Waals surface area contributed by atoms with Gasteiger partial charge in [0.25, 0.3) is 5.56 Å². The molecule has 0 radical (unpaired) electrons. The summed E-state index contributed by atoms with van der Waals surface area (Å²) in [6.07, 6.45) is 0. The maximum atomic E-state index is 12.7. The third-order valence-corrected chi connectivity index (χ3v) is 5.54. The van der Waals surface area contributed by atoms with E-state index in [1.165, 1.54) is 11.8 Å². The Bertz CT molecular complexity index is 1080. The van der Waals surface area contributed by atoms with Gasteiger partial charge >= 0.3 is 0 Å². The van der Waals surface area contributed by atoms with Crippen LogP contribution in [0.5, 0.6) is 0 Å². The van der Waals surface area contributed by atoms with Crippen molar-refractivity contribution in [3.05, 3.63) is 44.8 Å². The van der Waals surface area contributed by atoms with Crippen LogP contribution in [0.1, 0.15) is 33.4 Å². The fourth-order valence-corrected chi connectivity index (χ4v) is 3.78. The summed E-state index contributed by atoms with van der Waals surface area (Å²) >= 11 is 4.59. The second-order valence-electron chi connectivity index (χ2n) is 7.27. The van der Waals surface area contributed by atoms with Gasteiger partial charge in [0.05, 0.1) is 22.3 Å². The summed E-state index contributed by atoms with van der Waals surface area (Å²) in [5.74, 6) is 0.147. The second-order valence-corrected chi connectivity index (χ2v) is 9.13. The molecular formula is C19H21BrN4O3S. The highest BCUT2D eigenvalue weighted by Crippen LogP contribution is 2.24. The summed E-state index contributed by atoms with van der Waals surface area (Å²) in [4.78, 5) is 29.6. The van der Waals surface area contributed by atoms with Crippen molar-refractivity contribution >= 4 is 50.4 Å². The molecule has 3 rings (SSSR count). The molecule has 0 saturated heterocycles. The van der Waals surface area contributed by atoms with E-state index in [4.69, 9.17) is 4.52 Å². The number of anilines is 1. The van der Waals surface area contributed by atoms with E-state index in [0.29, 0.717) is 28.5 Å². The smallest absolute Gasteiger partial charge is 0.262 e. The molecule has 1 amide bonds. The number of hydrogen-bond acceptors (Lipinski definition) is 6. The van der Waals surface area contributed by atoms with E-state index in [0.717, 1.165) is 10.2 Å². The molecule has 3 aromatic rings. The highest BCUT2D eigenvalue weighted by molar-refractivity contribution is 9.10.